The summed E-state index contributed by atoms with van der Waals surface area (Å²) < 4.78 is 23.4. The summed E-state index contributed by atoms with van der Waals surface area (Å²) in [7, 11) is -4.06. The summed E-state index contributed by atoms with van der Waals surface area (Å²) in [6.07, 6.45) is -0.501. The van der Waals surface area contributed by atoms with Crippen LogP contribution in [0.25, 0.3) is 0 Å². The summed E-state index contributed by atoms with van der Waals surface area (Å²) >= 11 is 12.1. The second kappa shape index (κ2) is 6.49. The molecule has 3 rings (SSSR count). The number of aryl methyl sites for hydroxylation is 1. The first-order valence-electron chi connectivity index (χ1n) is 7.32. The van der Waals surface area contributed by atoms with E-state index in [1.54, 1.807) is 6.07 Å². The molecule has 0 fully saturated rings. The molecular weight excluding hydrogens is 385 g/mol. The Morgan fingerprint density at radius 1 is 1.28 bits per heavy atom. The molecule has 0 radical (unpaired) electrons. The van der Waals surface area contributed by atoms with Crippen LogP contribution in [0.3, 0.4) is 0 Å². The van der Waals surface area contributed by atoms with Crippen LogP contribution in [0.1, 0.15) is 15.9 Å². The zero-order valence-corrected chi connectivity index (χ0v) is 15.5. The molecule has 9 heteroatoms. The predicted octanol–water partition coefficient (Wildman–Crippen LogP) is 2.93. The minimum Gasteiger partial charge on any atom is -0.363 e. The molecule has 2 aromatic rings. The van der Waals surface area contributed by atoms with Crippen LogP contribution in [-0.4, -0.2) is 26.4 Å². The van der Waals surface area contributed by atoms with E-state index >= 15 is 0 Å². The van der Waals surface area contributed by atoms with E-state index < -0.39 is 16.2 Å². The van der Waals surface area contributed by atoms with Crippen molar-refractivity contribution < 1.29 is 13.2 Å². The van der Waals surface area contributed by atoms with Crippen LogP contribution in [0.5, 0.6) is 0 Å². The molecule has 1 heterocycles. The lowest BCUT2D eigenvalue weighted by Crippen LogP contribution is -2.50. The largest absolute Gasteiger partial charge is 0.363 e. The molecule has 0 bridgehead atoms. The fourth-order valence-electron chi connectivity index (χ4n) is 2.80. The topological polar surface area (TPSA) is 92.5 Å². The summed E-state index contributed by atoms with van der Waals surface area (Å²) in [5.41, 5.74) is 2.15. The summed E-state index contributed by atoms with van der Waals surface area (Å²) in [5, 5.41) is 8.25. The Balaban J connectivity index is 2.19. The van der Waals surface area contributed by atoms with Gasteiger partial charge in [0.05, 0.1) is 22.2 Å². The molecule has 1 amide bonds. The van der Waals surface area contributed by atoms with Crippen LogP contribution in [0.4, 0.5) is 11.4 Å². The molecule has 1 aliphatic rings. The summed E-state index contributed by atoms with van der Waals surface area (Å²) in [6.45, 7) is 1.88. The Labute approximate surface area is 155 Å². The molecule has 0 saturated heterocycles. The van der Waals surface area contributed by atoms with Crippen molar-refractivity contribution in [2.24, 2.45) is 5.14 Å². The Morgan fingerprint density at radius 3 is 2.56 bits per heavy atom. The van der Waals surface area contributed by atoms with Gasteiger partial charge in [-0.15, -0.1) is 11.6 Å². The van der Waals surface area contributed by atoms with Gasteiger partial charge in [0, 0.05) is 5.69 Å². The normalized spacial score (nSPS) is 17.2. The smallest absolute Gasteiger partial charge is 0.262 e. The average molecular weight is 400 g/mol. The number of nitrogens with one attached hydrogen (secondary N) is 1. The third-order valence-electron chi connectivity index (χ3n) is 3.98. The van der Waals surface area contributed by atoms with Crippen LogP contribution in [0, 0.1) is 6.92 Å². The number of primary sulfonamides is 1. The van der Waals surface area contributed by atoms with Crippen LogP contribution in [0.2, 0.25) is 5.02 Å². The quantitative estimate of drug-likeness (QED) is 0.775. The van der Waals surface area contributed by atoms with Gasteiger partial charge in [-0.3, -0.25) is 9.69 Å². The van der Waals surface area contributed by atoms with E-state index in [1.807, 2.05) is 25.1 Å². The number of fused-ring (bicyclic) bond motifs is 1. The van der Waals surface area contributed by atoms with Crippen molar-refractivity contribution >= 4 is 50.5 Å². The predicted molar refractivity (Wildman–Crippen MR) is 98.9 cm³/mol. The molecule has 2 aromatic carbocycles. The van der Waals surface area contributed by atoms with Crippen molar-refractivity contribution in [2.45, 2.75) is 18.0 Å². The Morgan fingerprint density at radius 2 is 1.96 bits per heavy atom. The highest BCUT2D eigenvalue weighted by Crippen LogP contribution is 2.35. The van der Waals surface area contributed by atoms with E-state index in [9.17, 15) is 13.2 Å². The molecular formula is C16H15Cl2N3O3S. The maximum atomic E-state index is 13.1. The Bertz CT molecular complexity index is 963. The number of rotatable bonds is 3. The third-order valence-corrected chi connectivity index (χ3v) is 5.65. The van der Waals surface area contributed by atoms with Gasteiger partial charge in [-0.2, -0.15) is 0 Å². The summed E-state index contributed by atoms with van der Waals surface area (Å²) in [6, 6.07) is 9.93. The molecule has 1 atom stereocenters. The number of benzene rings is 2. The molecule has 0 aromatic heterocycles. The summed E-state index contributed by atoms with van der Waals surface area (Å²) in [4.78, 5) is 14.3. The number of nitrogens with two attached hydrogens (primary N) is 1. The van der Waals surface area contributed by atoms with Gasteiger partial charge in [-0.05, 0) is 30.7 Å². The van der Waals surface area contributed by atoms with Gasteiger partial charge in [-0.25, -0.2) is 13.6 Å². The number of para-hydroxylation sites is 1. The molecule has 1 unspecified atom stereocenters. The maximum absolute atomic E-state index is 13.1. The van der Waals surface area contributed by atoms with Crippen LogP contribution in [-0.2, 0) is 10.0 Å². The van der Waals surface area contributed by atoms with Crippen molar-refractivity contribution in [3.8, 4) is 0 Å². The fraction of sp³-hybridized carbons (Fsp3) is 0.188. The minimum absolute atomic E-state index is 0.0563. The van der Waals surface area contributed by atoms with Crippen LogP contribution < -0.4 is 15.4 Å². The number of alkyl halides is 1. The zero-order valence-electron chi connectivity index (χ0n) is 13.2. The highest BCUT2D eigenvalue weighted by molar-refractivity contribution is 7.89. The number of anilines is 2. The number of carbonyl (C=O) groups is 1. The lowest BCUT2D eigenvalue weighted by atomic mass is 10.1. The van der Waals surface area contributed by atoms with Crippen LogP contribution >= 0.6 is 23.2 Å². The van der Waals surface area contributed by atoms with E-state index in [1.165, 1.54) is 17.0 Å². The van der Waals surface area contributed by atoms with E-state index in [2.05, 4.69) is 5.32 Å². The van der Waals surface area contributed by atoms with Crippen molar-refractivity contribution in [2.75, 3.05) is 16.1 Å². The zero-order chi connectivity index (χ0) is 18.4. The molecule has 0 saturated carbocycles. The van der Waals surface area contributed by atoms with E-state index in [0.717, 1.165) is 5.56 Å². The number of hydrogen-bond donors (Lipinski definition) is 2. The Kier molecular flexibility index (Phi) is 4.68. The Hall–Kier alpha value is -1.80. The van der Waals surface area contributed by atoms with Gasteiger partial charge in [-0.1, -0.05) is 29.8 Å². The third kappa shape index (κ3) is 3.20. The number of amides is 1. The van der Waals surface area contributed by atoms with E-state index in [0.29, 0.717) is 11.4 Å². The highest BCUT2D eigenvalue weighted by Gasteiger charge is 2.35. The first-order chi connectivity index (χ1) is 11.7. The molecule has 3 N–H and O–H groups in total. The number of sulfonamides is 1. The van der Waals surface area contributed by atoms with Crippen LogP contribution in [0.15, 0.2) is 41.3 Å². The monoisotopic (exact) mass is 399 g/mol. The average Bonchev–Trinajstić information content (AvgIpc) is 2.54. The summed E-state index contributed by atoms with van der Waals surface area (Å²) in [5.74, 6) is -0.246. The first-order valence-corrected chi connectivity index (χ1v) is 9.78. The number of carbonyl (C=O) groups excluding carboxylic acids is 1. The van der Waals surface area contributed by atoms with Crippen molar-refractivity contribution in [3.63, 3.8) is 0 Å². The standard InChI is InChI=1S/C16H15Cl2N3O3S/c1-9-4-2-3-5-13(9)21-15(8-17)20-12-7-11(18)14(25(19,23)24)6-10(12)16(21)22/h2-7,15,20H,8H2,1H3,(H2,19,23,24). The molecule has 6 nitrogen and oxygen atoms in total. The van der Waals surface area contributed by atoms with Crippen molar-refractivity contribution in [3.05, 3.63) is 52.5 Å². The molecule has 132 valence electrons. The highest BCUT2D eigenvalue weighted by atomic mass is 35.5. The molecule has 0 spiro atoms. The van der Waals surface area contributed by atoms with Gasteiger partial charge in [0.15, 0.2) is 0 Å². The lowest BCUT2D eigenvalue weighted by molar-refractivity contribution is 0.0977. The minimum atomic E-state index is -4.06. The van der Waals surface area contributed by atoms with Gasteiger partial charge in [0.1, 0.15) is 11.1 Å². The van der Waals surface area contributed by atoms with Crippen molar-refractivity contribution in [1.29, 1.82) is 0 Å². The van der Waals surface area contributed by atoms with Gasteiger partial charge >= 0.3 is 0 Å². The molecule has 1 aliphatic heterocycles. The maximum Gasteiger partial charge on any atom is 0.262 e. The number of hydrogen-bond acceptors (Lipinski definition) is 4. The van der Waals surface area contributed by atoms with Crippen molar-refractivity contribution in [1.82, 2.24) is 0 Å². The van der Waals surface area contributed by atoms with E-state index in [-0.39, 0.29) is 27.3 Å². The van der Waals surface area contributed by atoms with Gasteiger partial charge < -0.3 is 5.32 Å². The number of nitrogens with zero attached hydrogens (tertiary/aromatic N) is 1. The molecule has 0 aliphatic carbocycles. The molecule has 25 heavy (non-hydrogen) atoms. The van der Waals surface area contributed by atoms with Gasteiger partial charge in [0.25, 0.3) is 5.91 Å². The van der Waals surface area contributed by atoms with Gasteiger partial charge in [0.2, 0.25) is 10.0 Å². The second-order valence-electron chi connectivity index (χ2n) is 5.65. The SMILES string of the molecule is Cc1ccccc1N1C(=O)c2cc(S(N)(=O)=O)c(Cl)cc2NC1CCl. The fourth-order valence-corrected chi connectivity index (χ4v) is 4.12. The van der Waals surface area contributed by atoms with E-state index in [4.69, 9.17) is 28.3 Å². The number of halogens is 2. The first kappa shape index (κ1) is 18.0. The second-order valence-corrected chi connectivity index (χ2v) is 7.89. The lowest BCUT2D eigenvalue weighted by Gasteiger charge is -2.37.